The fourth-order valence-electron chi connectivity index (χ4n) is 3.19. The highest BCUT2D eigenvalue weighted by atomic mass is 32.2. The Bertz CT molecular complexity index is 1030. The van der Waals surface area contributed by atoms with E-state index in [0.29, 0.717) is 24.9 Å². The van der Waals surface area contributed by atoms with Gasteiger partial charge in [-0.15, -0.1) is 10.2 Å². The summed E-state index contributed by atoms with van der Waals surface area (Å²) in [4.78, 5) is 24.2. The number of nitrogens with one attached hydrogen (secondary N) is 1. The first kappa shape index (κ1) is 18.4. The highest BCUT2D eigenvalue weighted by molar-refractivity contribution is 7.99. The van der Waals surface area contributed by atoms with Crippen LogP contribution in [0.15, 0.2) is 53.7 Å². The molecule has 4 rings (SSSR count). The largest absolute Gasteiger partial charge is 0.326 e. The van der Waals surface area contributed by atoms with Crippen LogP contribution in [0.3, 0.4) is 0 Å². The van der Waals surface area contributed by atoms with Crippen LogP contribution in [0.25, 0.3) is 0 Å². The molecule has 0 atom stereocenters. The number of rotatable bonds is 6. The monoisotopic (exact) mass is 392 g/mol. The maximum absolute atomic E-state index is 12.7. The predicted molar refractivity (Wildman–Crippen MR) is 109 cm³/mol. The van der Waals surface area contributed by atoms with Crippen LogP contribution in [-0.2, 0) is 17.8 Å². The van der Waals surface area contributed by atoms with Gasteiger partial charge >= 0.3 is 0 Å². The molecule has 3 aromatic rings. The highest BCUT2D eigenvalue weighted by Crippen LogP contribution is 2.25. The van der Waals surface area contributed by atoms with E-state index in [1.807, 2.05) is 41.8 Å². The van der Waals surface area contributed by atoms with Crippen molar-refractivity contribution in [3.8, 4) is 0 Å². The van der Waals surface area contributed by atoms with Gasteiger partial charge in [-0.3, -0.25) is 9.59 Å². The molecular formula is C21H20N4O2S. The molecular weight excluding hydrogens is 372 g/mol. The van der Waals surface area contributed by atoms with Crippen LogP contribution in [-0.4, -0.2) is 32.2 Å². The summed E-state index contributed by atoms with van der Waals surface area (Å²) in [7, 11) is 0. The summed E-state index contributed by atoms with van der Waals surface area (Å²) < 4.78 is 2.02. The summed E-state index contributed by atoms with van der Waals surface area (Å²) in [5.41, 5.74) is 3.64. The molecule has 1 aliphatic rings. The normalized spacial score (nSPS) is 13.1. The van der Waals surface area contributed by atoms with Gasteiger partial charge in [-0.05, 0) is 42.7 Å². The summed E-state index contributed by atoms with van der Waals surface area (Å²) in [6, 6.07) is 15.6. The Hall–Kier alpha value is -2.93. The van der Waals surface area contributed by atoms with Crippen LogP contribution < -0.4 is 5.32 Å². The SMILES string of the molecule is Cc1nnc(SCC(=O)c2ccc3c(c2)CCC(=O)N3)n1Cc1ccccc1. The number of anilines is 1. The first-order valence-electron chi connectivity index (χ1n) is 9.12. The van der Waals surface area contributed by atoms with E-state index in [4.69, 9.17) is 0 Å². The summed E-state index contributed by atoms with van der Waals surface area (Å²) >= 11 is 1.40. The van der Waals surface area contributed by atoms with Gasteiger partial charge in [-0.1, -0.05) is 42.1 Å². The van der Waals surface area contributed by atoms with Crippen molar-refractivity contribution in [3.63, 3.8) is 0 Å². The molecule has 1 amide bonds. The standard InChI is InChI=1S/C21H20N4O2S/c1-14-23-24-21(25(14)12-15-5-3-2-4-6-15)28-13-19(26)17-7-9-18-16(11-17)8-10-20(27)22-18/h2-7,9,11H,8,10,12-13H2,1H3,(H,22,27). The molecule has 0 bridgehead atoms. The van der Waals surface area contributed by atoms with Crippen molar-refractivity contribution in [2.24, 2.45) is 0 Å². The molecule has 2 heterocycles. The average molecular weight is 392 g/mol. The zero-order valence-electron chi connectivity index (χ0n) is 15.5. The maximum atomic E-state index is 12.7. The smallest absolute Gasteiger partial charge is 0.224 e. The minimum absolute atomic E-state index is 0.0234. The highest BCUT2D eigenvalue weighted by Gasteiger charge is 2.18. The Labute approximate surface area is 167 Å². The number of thioether (sulfide) groups is 1. The average Bonchev–Trinajstić information content (AvgIpc) is 3.06. The van der Waals surface area contributed by atoms with Gasteiger partial charge in [-0.2, -0.15) is 0 Å². The van der Waals surface area contributed by atoms with E-state index in [2.05, 4.69) is 27.6 Å². The van der Waals surface area contributed by atoms with Gasteiger partial charge in [0.05, 0.1) is 12.3 Å². The van der Waals surface area contributed by atoms with E-state index >= 15 is 0 Å². The first-order chi connectivity index (χ1) is 13.6. The Morgan fingerprint density at radius 2 is 1.96 bits per heavy atom. The Morgan fingerprint density at radius 1 is 1.14 bits per heavy atom. The molecule has 0 fully saturated rings. The number of aromatic nitrogens is 3. The van der Waals surface area contributed by atoms with Crippen molar-refractivity contribution in [2.45, 2.75) is 31.5 Å². The number of amides is 1. The van der Waals surface area contributed by atoms with Gasteiger partial charge in [0.1, 0.15) is 5.82 Å². The summed E-state index contributed by atoms with van der Waals surface area (Å²) in [5.74, 6) is 1.17. The van der Waals surface area contributed by atoms with Crippen LogP contribution in [0.2, 0.25) is 0 Å². The van der Waals surface area contributed by atoms with Gasteiger partial charge in [0, 0.05) is 17.7 Å². The molecule has 0 spiro atoms. The molecule has 7 heteroatoms. The van der Waals surface area contributed by atoms with Crippen LogP contribution in [0.4, 0.5) is 5.69 Å². The van der Waals surface area contributed by atoms with Crippen LogP contribution in [0, 0.1) is 6.92 Å². The lowest BCUT2D eigenvalue weighted by Gasteiger charge is -2.17. The van der Waals surface area contributed by atoms with Crippen molar-refractivity contribution in [3.05, 3.63) is 71.0 Å². The van der Waals surface area contributed by atoms with Crippen molar-refractivity contribution < 1.29 is 9.59 Å². The lowest BCUT2D eigenvalue weighted by atomic mass is 9.99. The molecule has 0 saturated carbocycles. The maximum Gasteiger partial charge on any atom is 0.224 e. The molecule has 0 saturated heterocycles. The summed E-state index contributed by atoms with van der Waals surface area (Å²) in [6.45, 7) is 2.59. The number of carbonyl (C=O) groups excluding carboxylic acids is 2. The second-order valence-electron chi connectivity index (χ2n) is 6.73. The van der Waals surface area contributed by atoms with E-state index in [1.54, 1.807) is 6.07 Å². The van der Waals surface area contributed by atoms with Gasteiger partial charge in [0.15, 0.2) is 10.9 Å². The fourth-order valence-corrected chi connectivity index (χ4v) is 4.06. The van der Waals surface area contributed by atoms with Crippen molar-refractivity contribution in [1.82, 2.24) is 14.8 Å². The molecule has 2 aromatic carbocycles. The number of nitrogens with zero attached hydrogens (tertiary/aromatic N) is 3. The third kappa shape index (κ3) is 3.99. The number of Topliss-reactive ketones (excluding diaryl/α,β-unsaturated/α-hetero) is 1. The van der Waals surface area contributed by atoms with E-state index in [0.717, 1.165) is 27.8 Å². The number of ketones is 1. The zero-order valence-corrected chi connectivity index (χ0v) is 16.3. The number of benzene rings is 2. The van der Waals surface area contributed by atoms with E-state index < -0.39 is 0 Å². The van der Waals surface area contributed by atoms with Crippen molar-refractivity contribution in [1.29, 1.82) is 0 Å². The Kier molecular flexibility index (Phi) is 5.25. The topological polar surface area (TPSA) is 76.9 Å². The van der Waals surface area contributed by atoms with E-state index in [9.17, 15) is 9.59 Å². The third-order valence-electron chi connectivity index (χ3n) is 4.74. The Balaban J connectivity index is 1.45. The summed E-state index contributed by atoms with van der Waals surface area (Å²) in [5, 5.41) is 12.0. The molecule has 142 valence electrons. The van der Waals surface area contributed by atoms with Gasteiger partial charge in [0.25, 0.3) is 0 Å². The molecule has 0 radical (unpaired) electrons. The van der Waals surface area contributed by atoms with Gasteiger partial charge < -0.3 is 9.88 Å². The third-order valence-corrected chi connectivity index (χ3v) is 5.71. The Morgan fingerprint density at radius 3 is 2.79 bits per heavy atom. The zero-order chi connectivity index (χ0) is 19.5. The molecule has 1 N–H and O–H groups in total. The van der Waals surface area contributed by atoms with Gasteiger partial charge in [0.2, 0.25) is 5.91 Å². The lowest BCUT2D eigenvalue weighted by molar-refractivity contribution is -0.116. The first-order valence-corrected chi connectivity index (χ1v) is 10.1. The molecule has 28 heavy (non-hydrogen) atoms. The minimum Gasteiger partial charge on any atom is -0.326 e. The number of hydrogen-bond donors (Lipinski definition) is 1. The lowest BCUT2D eigenvalue weighted by Crippen LogP contribution is -2.19. The predicted octanol–water partition coefficient (Wildman–Crippen LogP) is 3.49. The van der Waals surface area contributed by atoms with E-state index in [1.165, 1.54) is 11.8 Å². The molecule has 0 aliphatic carbocycles. The number of aryl methyl sites for hydroxylation is 2. The molecule has 1 aromatic heterocycles. The second kappa shape index (κ2) is 7.98. The fraction of sp³-hybridized carbons (Fsp3) is 0.238. The second-order valence-corrected chi connectivity index (χ2v) is 7.68. The van der Waals surface area contributed by atoms with Crippen molar-refractivity contribution >= 4 is 29.1 Å². The quantitative estimate of drug-likeness (QED) is 0.513. The van der Waals surface area contributed by atoms with Crippen LogP contribution in [0.1, 0.15) is 33.7 Å². The van der Waals surface area contributed by atoms with Gasteiger partial charge in [-0.25, -0.2) is 0 Å². The van der Waals surface area contributed by atoms with E-state index in [-0.39, 0.29) is 17.4 Å². The number of carbonyl (C=O) groups is 2. The molecule has 0 unspecified atom stereocenters. The number of fused-ring (bicyclic) bond motifs is 1. The number of hydrogen-bond acceptors (Lipinski definition) is 5. The molecule has 6 nitrogen and oxygen atoms in total. The molecule has 1 aliphatic heterocycles. The van der Waals surface area contributed by atoms with Crippen LogP contribution >= 0.6 is 11.8 Å². The summed E-state index contributed by atoms with van der Waals surface area (Å²) in [6.07, 6.45) is 1.13. The van der Waals surface area contributed by atoms with Crippen molar-refractivity contribution in [2.75, 3.05) is 11.1 Å². The van der Waals surface area contributed by atoms with Crippen LogP contribution in [0.5, 0.6) is 0 Å². The minimum atomic E-state index is 0.0234.